The first-order chi connectivity index (χ1) is 9.69. The first-order valence-corrected chi connectivity index (χ1v) is 7.37. The summed E-state index contributed by atoms with van der Waals surface area (Å²) in [5, 5.41) is 0. The maximum absolute atomic E-state index is 11.2. The van der Waals surface area contributed by atoms with E-state index < -0.39 is 0 Å². The summed E-state index contributed by atoms with van der Waals surface area (Å²) in [5.41, 5.74) is -0.622. The molecule has 120 valence electrons. The van der Waals surface area contributed by atoms with E-state index in [0.29, 0.717) is 13.2 Å². The van der Waals surface area contributed by atoms with Crippen LogP contribution in [0.2, 0.25) is 0 Å². The summed E-state index contributed by atoms with van der Waals surface area (Å²) in [6.45, 7) is 10.8. The molecule has 0 spiro atoms. The molecule has 1 atom stereocenters. The predicted octanol–water partition coefficient (Wildman–Crippen LogP) is 2.39. The molecule has 1 aliphatic heterocycles. The molecule has 0 aromatic carbocycles. The van der Waals surface area contributed by atoms with Crippen LogP contribution in [0, 0.1) is 5.92 Å². The summed E-state index contributed by atoms with van der Waals surface area (Å²) in [6.07, 6.45) is 2.73. The van der Waals surface area contributed by atoms with E-state index in [1.165, 1.54) is 7.11 Å². The topological polar surface area (TPSA) is 54.0 Å². The maximum Gasteiger partial charge on any atom is 0.486 e. The third-order valence-corrected chi connectivity index (χ3v) is 3.96. The second kappa shape index (κ2) is 7.43. The Kier molecular flexibility index (Phi) is 6.44. The Morgan fingerprint density at radius 3 is 2.33 bits per heavy atom. The first-order valence-electron chi connectivity index (χ1n) is 7.37. The molecule has 0 saturated carbocycles. The number of ether oxygens (including phenoxy) is 2. The molecule has 21 heavy (non-hydrogen) atoms. The van der Waals surface area contributed by atoms with Crippen LogP contribution in [0.1, 0.15) is 41.0 Å². The van der Waals surface area contributed by atoms with Gasteiger partial charge in [-0.2, -0.15) is 0 Å². The van der Waals surface area contributed by atoms with Crippen LogP contribution in [0.15, 0.2) is 12.1 Å². The third-order valence-electron chi connectivity index (χ3n) is 3.96. The number of carbonyl (C=O) groups excluding carboxylic acids is 1. The van der Waals surface area contributed by atoms with Gasteiger partial charge >= 0.3 is 13.1 Å². The lowest BCUT2D eigenvalue weighted by molar-refractivity contribution is -0.146. The molecule has 1 saturated heterocycles. The molecule has 0 amide bonds. The van der Waals surface area contributed by atoms with Crippen LogP contribution in [-0.2, 0) is 23.6 Å². The van der Waals surface area contributed by atoms with Crippen LogP contribution in [0.3, 0.4) is 0 Å². The minimum Gasteiger partial charge on any atom is -0.469 e. The third kappa shape index (κ3) is 5.13. The molecule has 0 bridgehead atoms. The van der Waals surface area contributed by atoms with E-state index in [2.05, 4.69) is 4.74 Å². The van der Waals surface area contributed by atoms with E-state index in [4.69, 9.17) is 14.0 Å². The van der Waals surface area contributed by atoms with E-state index in [9.17, 15) is 4.79 Å². The van der Waals surface area contributed by atoms with E-state index in [-0.39, 0.29) is 30.2 Å². The molecule has 0 unspecified atom stereocenters. The molecular weight excluding hydrogens is 271 g/mol. The van der Waals surface area contributed by atoms with Crippen molar-refractivity contribution in [2.24, 2.45) is 5.92 Å². The summed E-state index contributed by atoms with van der Waals surface area (Å²) in [5.74, 6) is 1.42. The first kappa shape index (κ1) is 18.2. The summed E-state index contributed by atoms with van der Waals surface area (Å²) < 4.78 is 21.7. The van der Waals surface area contributed by atoms with Crippen LogP contribution in [0.5, 0.6) is 0 Å². The molecule has 1 fully saturated rings. The summed E-state index contributed by atoms with van der Waals surface area (Å²) >= 11 is 0. The van der Waals surface area contributed by atoms with Crippen LogP contribution in [0.25, 0.3) is 0 Å². The van der Waals surface area contributed by atoms with Gasteiger partial charge in [-0.3, -0.25) is 4.79 Å². The number of esters is 1. The Bertz CT molecular complexity index is 362. The van der Waals surface area contributed by atoms with Crippen molar-refractivity contribution in [1.29, 1.82) is 0 Å². The maximum atomic E-state index is 11.2. The second-order valence-corrected chi connectivity index (χ2v) is 6.34. The van der Waals surface area contributed by atoms with Crippen LogP contribution >= 0.6 is 0 Å². The zero-order valence-electron chi connectivity index (χ0n) is 14.0. The van der Waals surface area contributed by atoms with Crippen LogP contribution in [-0.4, -0.2) is 44.6 Å². The molecule has 0 radical (unpaired) electrons. The van der Waals surface area contributed by atoms with Gasteiger partial charge in [-0.25, -0.2) is 0 Å². The highest BCUT2D eigenvalue weighted by Crippen LogP contribution is 2.36. The van der Waals surface area contributed by atoms with Crippen molar-refractivity contribution in [3.8, 4) is 0 Å². The molecule has 0 aliphatic carbocycles. The van der Waals surface area contributed by atoms with Crippen molar-refractivity contribution in [2.75, 3.05) is 20.3 Å². The number of hydrogen-bond acceptors (Lipinski definition) is 5. The molecule has 1 rings (SSSR count). The van der Waals surface area contributed by atoms with E-state index in [1.54, 1.807) is 6.92 Å². The highest BCUT2D eigenvalue weighted by molar-refractivity contribution is 6.51. The van der Waals surface area contributed by atoms with Gasteiger partial charge in [0.05, 0.1) is 37.4 Å². The largest absolute Gasteiger partial charge is 0.486 e. The van der Waals surface area contributed by atoms with E-state index in [0.717, 1.165) is 6.42 Å². The Hall–Kier alpha value is -0.845. The SMILES string of the molecule is COC(=O)[C@@H](C)COCC/C=C/B1OC(C)(C)C(C)(C)O1. The number of rotatable bonds is 7. The second-order valence-electron chi connectivity index (χ2n) is 6.34. The number of carbonyl (C=O) groups is 1. The highest BCUT2D eigenvalue weighted by atomic mass is 16.7. The van der Waals surface area contributed by atoms with Crippen molar-refractivity contribution in [3.05, 3.63) is 12.1 Å². The van der Waals surface area contributed by atoms with Gasteiger partial charge in [0.2, 0.25) is 0 Å². The average molecular weight is 298 g/mol. The lowest BCUT2D eigenvalue weighted by Crippen LogP contribution is -2.41. The predicted molar refractivity (Wildman–Crippen MR) is 81.8 cm³/mol. The van der Waals surface area contributed by atoms with Gasteiger partial charge < -0.3 is 18.8 Å². The Morgan fingerprint density at radius 2 is 1.81 bits per heavy atom. The summed E-state index contributed by atoms with van der Waals surface area (Å²) in [4.78, 5) is 11.2. The van der Waals surface area contributed by atoms with Gasteiger partial charge in [0, 0.05) is 0 Å². The van der Waals surface area contributed by atoms with Crippen LogP contribution < -0.4 is 0 Å². The fraction of sp³-hybridized carbons (Fsp3) is 0.800. The average Bonchev–Trinajstić information content (AvgIpc) is 2.60. The molecule has 1 heterocycles. The molecule has 0 aromatic heterocycles. The van der Waals surface area contributed by atoms with Gasteiger partial charge in [0.15, 0.2) is 0 Å². The van der Waals surface area contributed by atoms with Gasteiger partial charge in [-0.05, 0) is 41.0 Å². The number of hydrogen-bond donors (Lipinski definition) is 0. The monoisotopic (exact) mass is 298 g/mol. The molecule has 6 heteroatoms. The summed E-state index contributed by atoms with van der Waals surface area (Å²) in [6, 6.07) is 0. The summed E-state index contributed by atoms with van der Waals surface area (Å²) in [7, 11) is 1.07. The van der Waals surface area contributed by atoms with E-state index in [1.807, 2.05) is 39.7 Å². The van der Waals surface area contributed by atoms with Gasteiger partial charge in [-0.1, -0.05) is 12.1 Å². The minimum atomic E-state index is -0.316. The smallest absolute Gasteiger partial charge is 0.469 e. The molecule has 1 aliphatic rings. The Balaban J connectivity index is 2.21. The molecule has 0 N–H and O–H groups in total. The Labute approximate surface area is 128 Å². The quantitative estimate of drug-likeness (QED) is 0.410. The van der Waals surface area contributed by atoms with Crippen molar-refractivity contribution in [1.82, 2.24) is 0 Å². The molecular formula is C15H27BO5. The van der Waals surface area contributed by atoms with Gasteiger partial charge in [0.1, 0.15) is 0 Å². The van der Waals surface area contributed by atoms with Gasteiger partial charge in [-0.15, -0.1) is 0 Å². The number of methoxy groups -OCH3 is 1. The van der Waals surface area contributed by atoms with Crippen molar-refractivity contribution < 1.29 is 23.6 Å². The van der Waals surface area contributed by atoms with Crippen molar-refractivity contribution in [2.45, 2.75) is 52.2 Å². The van der Waals surface area contributed by atoms with Crippen molar-refractivity contribution in [3.63, 3.8) is 0 Å². The van der Waals surface area contributed by atoms with Crippen LogP contribution in [0.4, 0.5) is 0 Å². The zero-order valence-corrected chi connectivity index (χ0v) is 14.0. The molecule has 5 nitrogen and oxygen atoms in total. The fourth-order valence-corrected chi connectivity index (χ4v) is 1.86. The van der Waals surface area contributed by atoms with E-state index >= 15 is 0 Å². The fourth-order valence-electron chi connectivity index (χ4n) is 1.86. The minimum absolute atomic E-state index is 0.234. The lowest BCUT2D eigenvalue weighted by atomic mass is 9.90. The zero-order chi connectivity index (χ0) is 16.1. The molecule has 0 aromatic rings. The van der Waals surface area contributed by atoms with Crippen molar-refractivity contribution >= 4 is 13.1 Å². The van der Waals surface area contributed by atoms with Gasteiger partial charge in [0.25, 0.3) is 0 Å². The highest BCUT2D eigenvalue weighted by Gasteiger charge is 2.49. The normalized spacial score (nSPS) is 21.7. The standard InChI is InChI=1S/C15H27BO5/c1-12(13(17)18-6)11-19-10-8-7-9-16-20-14(2,3)15(4,5)21-16/h7,9,12H,8,10-11H2,1-6H3/b9-7+/t12-/m0/s1. The Morgan fingerprint density at radius 1 is 1.24 bits per heavy atom. The lowest BCUT2D eigenvalue weighted by Gasteiger charge is -2.32.